The second kappa shape index (κ2) is 8.26. The van der Waals surface area contributed by atoms with Gasteiger partial charge in [0.25, 0.3) is 0 Å². The van der Waals surface area contributed by atoms with Gasteiger partial charge in [-0.1, -0.05) is 23.8 Å². The van der Waals surface area contributed by atoms with Gasteiger partial charge in [-0.05, 0) is 37.4 Å². The number of carbonyl (C=O) groups is 2. The molecule has 2 heterocycles. The summed E-state index contributed by atoms with van der Waals surface area (Å²) < 4.78 is 7.15. The van der Waals surface area contributed by atoms with E-state index in [2.05, 4.69) is 15.5 Å². The van der Waals surface area contributed by atoms with E-state index in [4.69, 9.17) is 17.0 Å². The molecule has 144 valence electrons. The number of methoxy groups -OCH3 is 1. The molecule has 3 rings (SSSR count). The van der Waals surface area contributed by atoms with Crippen molar-refractivity contribution in [2.75, 3.05) is 18.6 Å². The molecule has 1 saturated heterocycles. The van der Waals surface area contributed by atoms with Gasteiger partial charge in [0.05, 0.1) is 7.11 Å². The Morgan fingerprint density at radius 3 is 2.96 bits per heavy atom. The fraction of sp³-hybridized carbons (Fsp3) is 0.444. The summed E-state index contributed by atoms with van der Waals surface area (Å²) in [6, 6.07) is 7.94. The van der Waals surface area contributed by atoms with E-state index in [1.165, 1.54) is 7.11 Å². The lowest BCUT2D eigenvalue weighted by Crippen LogP contribution is -2.55. The van der Waals surface area contributed by atoms with E-state index < -0.39 is 5.54 Å². The SMILES string of the molecule is COC(=O)C1(NC(=O)CCn2c(-c3cccc(C)c3)n[nH]c2=S)CCSC1. The number of rotatable bonds is 6. The number of aryl methyl sites for hydroxylation is 1. The summed E-state index contributed by atoms with van der Waals surface area (Å²) in [6.07, 6.45) is 0.770. The van der Waals surface area contributed by atoms with E-state index in [1.54, 1.807) is 16.3 Å². The van der Waals surface area contributed by atoms with Crippen molar-refractivity contribution < 1.29 is 14.3 Å². The zero-order chi connectivity index (χ0) is 19.4. The summed E-state index contributed by atoms with van der Waals surface area (Å²) >= 11 is 6.95. The third-order valence-electron chi connectivity index (χ3n) is 4.57. The summed E-state index contributed by atoms with van der Waals surface area (Å²) in [6.45, 7) is 2.38. The molecule has 9 heteroatoms. The molecule has 2 aromatic rings. The second-order valence-electron chi connectivity index (χ2n) is 6.55. The van der Waals surface area contributed by atoms with Crippen molar-refractivity contribution in [1.82, 2.24) is 20.1 Å². The molecule has 0 bridgehead atoms. The first-order valence-electron chi connectivity index (χ1n) is 8.64. The average Bonchev–Trinajstić information content (AvgIpc) is 3.27. The van der Waals surface area contributed by atoms with Crippen molar-refractivity contribution in [1.29, 1.82) is 0 Å². The molecule has 1 aromatic heterocycles. The highest BCUT2D eigenvalue weighted by Gasteiger charge is 2.44. The van der Waals surface area contributed by atoms with E-state index in [0.29, 0.717) is 29.3 Å². The molecule has 1 fully saturated rings. The highest BCUT2D eigenvalue weighted by atomic mass is 32.2. The Balaban J connectivity index is 1.72. The minimum absolute atomic E-state index is 0.191. The monoisotopic (exact) mass is 406 g/mol. The molecule has 27 heavy (non-hydrogen) atoms. The average molecular weight is 407 g/mol. The van der Waals surface area contributed by atoms with Crippen molar-refractivity contribution in [2.24, 2.45) is 0 Å². The molecule has 1 aliphatic rings. The first kappa shape index (κ1) is 19.6. The van der Waals surface area contributed by atoms with Crippen LogP contribution in [-0.4, -0.2) is 50.8 Å². The smallest absolute Gasteiger partial charge is 0.332 e. The van der Waals surface area contributed by atoms with Crippen LogP contribution in [0.4, 0.5) is 0 Å². The van der Waals surface area contributed by atoms with E-state index in [9.17, 15) is 9.59 Å². The number of nitrogens with zero attached hydrogens (tertiary/aromatic N) is 2. The first-order chi connectivity index (χ1) is 12.9. The van der Waals surface area contributed by atoms with Gasteiger partial charge in [0.15, 0.2) is 10.6 Å². The molecular formula is C18H22N4O3S2. The van der Waals surface area contributed by atoms with Gasteiger partial charge in [0, 0.05) is 24.3 Å². The number of hydrogen-bond acceptors (Lipinski definition) is 6. The molecule has 1 atom stereocenters. The van der Waals surface area contributed by atoms with Crippen molar-refractivity contribution >= 4 is 35.9 Å². The number of nitrogens with one attached hydrogen (secondary N) is 2. The second-order valence-corrected chi connectivity index (χ2v) is 8.04. The Kier molecular flexibility index (Phi) is 6.01. The number of aromatic amines is 1. The summed E-state index contributed by atoms with van der Waals surface area (Å²) in [5.41, 5.74) is 1.12. The molecule has 0 saturated carbocycles. The van der Waals surface area contributed by atoms with Gasteiger partial charge in [-0.15, -0.1) is 0 Å². The van der Waals surface area contributed by atoms with Gasteiger partial charge in [-0.25, -0.2) is 4.79 Å². The Morgan fingerprint density at radius 1 is 1.48 bits per heavy atom. The van der Waals surface area contributed by atoms with Gasteiger partial charge in [-0.2, -0.15) is 16.9 Å². The van der Waals surface area contributed by atoms with Gasteiger partial charge in [-0.3, -0.25) is 14.5 Å². The van der Waals surface area contributed by atoms with Gasteiger partial charge in [0.2, 0.25) is 5.91 Å². The van der Waals surface area contributed by atoms with Crippen LogP contribution >= 0.6 is 24.0 Å². The fourth-order valence-electron chi connectivity index (χ4n) is 3.14. The number of hydrogen-bond donors (Lipinski definition) is 2. The van der Waals surface area contributed by atoms with E-state index in [1.807, 2.05) is 31.2 Å². The Hall–Kier alpha value is -2.13. The first-order valence-corrected chi connectivity index (χ1v) is 10.2. The lowest BCUT2D eigenvalue weighted by molar-refractivity contribution is -0.149. The minimum atomic E-state index is -0.923. The third kappa shape index (κ3) is 4.24. The van der Waals surface area contributed by atoms with Crippen LogP contribution < -0.4 is 5.32 Å². The van der Waals surface area contributed by atoms with Crippen LogP contribution in [0.25, 0.3) is 11.4 Å². The number of ether oxygens (including phenoxy) is 1. The minimum Gasteiger partial charge on any atom is -0.467 e. The molecular weight excluding hydrogens is 384 g/mol. The molecule has 1 aromatic carbocycles. The predicted molar refractivity (Wildman–Crippen MR) is 107 cm³/mol. The highest BCUT2D eigenvalue weighted by molar-refractivity contribution is 7.99. The lowest BCUT2D eigenvalue weighted by atomic mass is 9.99. The summed E-state index contributed by atoms with van der Waals surface area (Å²) in [4.78, 5) is 24.7. The highest BCUT2D eigenvalue weighted by Crippen LogP contribution is 2.29. The maximum absolute atomic E-state index is 12.5. The third-order valence-corrected chi connectivity index (χ3v) is 6.07. The Bertz CT molecular complexity index is 900. The van der Waals surface area contributed by atoms with Gasteiger partial charge >= 0.3 is 5.97 Å². The standard InChI is InChI=1S/C18H22N4O3S2/c1-12-4-3-5-13(10-12)15-20-21-17(26)22(15)8-6-14(23)19-18(16(24)25-2)7-9-27-11-18/h3-5,10H,6-9,11H2,1-2H3,(H,19,23)(H,21,26). The van der Waals surface area contributed by atoms with Crippen LogP contribution in [0.15, 0.2) is 24.3 Å². The summed E-state index contributed by atoms with van der Waals surface area (Å²) in [5.74, 6) is 1.45. The van der Waals surface area contributed by atoms with Gasteiger partial charge in [0.1, 0.15) is 5.54 Å². The van der Waals surface area contributed by atoms with E-state index in [-0.39, 0.29) is 18.3 Å². The normalized spacial score (nSPS) is 19.0. The number of esters is 1. The van der Waals surface area contributed by atoms with Crippen molar-refractivity contribution in [2.45, 2.75) is 31.8 Å². The van der Waals surface area contributed by atoms with Crippen LogP contribution in [0.5, 0.6) is 0 Å². The van der Waals surface area contributed by atoms with Crippen LogP contribution in [0.3, 0.4) is 0 Å². The quantitative estimate of drug-likeness (QED) is 0.566. The summed E-state index contributed by atoms with van der Waals surface area (Å²) in [7, 11) is 1.35. The maximum atomic E-state index is 12.5. The lowest BCUT2D eigenvalue weighted by Gasteiger charge is -2.26. The fourth-order valence-corrected chi connectivity index (χ4v) is 4.69. The van der Waals surface area contributed by atoms with Crippen molar-refractivity contribution in [3.8, 4) is 11.4 Å². The molecule has 7 nitrogen and oxygen atoms in total. The topological polar surface area (TPSA) is 89.0 Å². The van der Waals surface area contributed by atoms with Crippen molar-refractivity contribution in [3.05, 3.63) is 34.6 Å². The number of H-pyrrole nitrogens is 1. The zero-order valence-corrected chi connectivity index (χ0v) is 16.9. The van der Waals surface area contributed by atoms with Crippen LogP contribution in [0.1, 0.15) is 18.4 Å². The largest absolute Gasteiger partial charge is 0.467 e. The van der Waals surface area contributed by atoms with Crippen LogP contribution in [-0.2, 0) is 20.9 Å². The van der Waals surface area contributed by atoms with Crippen LogP contribution in [0, 0.1) is 11.7 Å². The molecule has 0 spiro atoms. The Labute approximate surface area is 166 Å². The van der Waals surface area contributed by atoms with Crippen molar-refractivity contribution in [3.63, 3.8) is 0 Å². The van der Waals surface area contributed by atoms with Gasteiger partial charge < -0.3 is 10.1 Å². The molecule has 0 aliphatic carbocycles. The molecule has 0 radical (unpaired) electrons. The molecule has 1 unspecified atom stereocenters. The van der Waals surface area contributed by atoms with E-state index >= 15 is 0 Å². The zero-order valence-electron chi connectivity index (χ0n) is 15.3. The number of aromatic nitrogens is 3. The molecule has 1 aliphatic heterocycles. The maximum Gasteiger partial charge on any atom is 0.332 e. The Morgan fingerprint density at radius 2 is 2.30 bits per heavy atom. The number of benzene rings is 1. The van der Waals surface area contributed by atoms with E-state index in [0.717, 1.165) is 16.9 Å². The number of carbonyl (C=O) groups excluding carboxylic acids is 2. The summed E-state index contributed by atoms with van der Waals surface area (Å²) in [5, 5.41) is 9.97. The molecule has 1 amide bonds. The van der Waals surface area contributed by atoms with Crippen LogP contribution in [0.2, 0.25) is 0 Å². The number of thioether (sulfide) groups is 1. The predicted octanol–water partition coefficient (Wildman–Crippen LogP) is 2.47. The number of amides is 1. The molecule has 2 N–H and O–H groups in total.